The van der Waals surface area contributed by atoms with Gasteiger partial charge in [-0.2, -0.15) is 5.10 Å². The van der Waals surface area contributed by atoms with Gasteiger partial charge in [-0.1, -0.05) is 49.6 Å². The van der Waals surface area contributed by atoms with Crippen molar-refractivity contribution in [3.05, 3.63) is 70.0 Å². The van der Waals surface area contributed by atoms with Crippen molar-refractivity contribution in [2.24, 2.45) is 0 Å². The Labute approximate surface area is 353 Å². The number of benzene rings is 2. The molecule has 0 bridgehead atoms. The number of phenolic OH excluding ortho intramolecular Hbond substituents is 1. The smallest absolute Gasteiger partial charge is 0.272 e. The van der Waals surface area contributed by atoms with E-state index in [4.69, 9.17) is 14.2 Å². The lowest BCUT2D eigenvalue weighted by Crippen LogP contribution is -2.58. The van der Waals surface area contributed by atoms with Gasteiger partial charge in [-0.05, 0) is 93.5 Å². The number of nitrogens with zero attached hydrogens (tertiary/aromatic N) is 4. The molecule has 0 radical (unpaired) electrons. The number of carbonyl (C=O) groups is 3. The van der Waals surface area contributed by atoms with Crippen LogP contribution in [0.1, 0.15) is 103 Å². The van der Waals surface area contributed by atoms with Crippen LogP contribution in [0.5, 0.6) is 11.5 Å². The van der Waals surface area contributed by atoms with Crippen LogP contribution in [0, 0.1) is 0 Å². The summed E-state index contributed by atoms with van der Waals surface area (Å²) in [7, 11) is 0. The molecule has 324 valence electrons. The third-order valence-corrected chi connectivity index (χ3v) is 13.2. The van der Waals surface area contributed by atoms with Crippen molar-refractivity contribution in [2.45, 2.75) is 108 Å². The fourth-order valence-electron chi connectivity index (χ4n) is 9.85. The number of phenols is 1. The molecule has 3 fully saturated rings. The van der Waals surface area contributed by atoms with Crippen molar-refractivity contribution in [1.82, 2.24) is 30.2 Å². The average molecular weight is 826 g/mol. The Bertz CT molecular complexity index is 1950. The SMILES string of the molecule is O=C1COc2c(CCNCCN(C(=O)CCOCCc3cccc(CN4CCC5(CC4)CN(C(=O)c4[nH]nc6c4CCCC6)CCO5)c3)C3CCCCC3)ccc(O)c2N1. The van der Waals surface area contributed by atoms with Gasteiger partial charge in [-0.15, -0.1) is 0 Å². The lowest BCUT2D eigenvalue weighted by molar-refractivity contribution is -0.135. The highest BCUT2D eigenvalue weighted by Gasteiger charge is 2.42. The number of aromatic nitrogens is 2. The van der Waals surface area contributed by atoms with E-state index < -0.39 is 0 Å². The summed E-state index contributed by atoms with van der Waals surface area (Å²) in [5.41, 5.74) is 6.35. The molecule has 60 heavy (non-hydrogen) atoms. The summed E-state index contributed by atoms with van der Waals surface area (Å²) < 4.78 is 18.1. The lowest BCUT2D eigenvalue weighted by atomic mass is 9.88. The molecule has 1 spiro atoms. The molecule has 0 unspecified atom stereocenters. The topological polar surface area (TPSA) is 162 Å². The standard InChI is InChI=1S/C46H63N7O7/c54-39-14-13-35(44-43(39)48-40(55)31-59-44)15-20-47-21-24-53(36-9-2-1-3-10-36)41(56)17-27-58-26-16-33-7-6-8-34(29-33)30-51-22-18-46(19-23-51)32-52(25-28-60-46)45(57)42-37-11-4-5-12-38(37)49-50-42/h6-8,13-14,29,36,47,54H,1-5,9-12,15-28,30-32H2,(H,48,55)(H,49,50). The fourth-order valence-corrected chi connectivity index (χ4v) is 9.85. The van der Waals surface area contributed by atoms with E-state index in [2.05, 4.69) is 54.9 Å². The molecule has 14 nitrogen and oxygen atoms in total. The number of rotatable bonds is 16. The molecule has 4 N–H and O–H groups in total. The zero-order valence-electron chi connectivity index (χ0n) is 35.1. The monoisotopic (exact) mass is 825 g/mol. The van der Waals surface area contributed by atoms with Crippen LogP contribution < -0.4 is 15.4 Å². The number of anilines is 1. The Balaban J connectivity index is 0.744. The van der Waals surface area contributed by atoms with Crippen LogP contribution in [0.15, 0.2) is 36.4 Å². The van der Waals surface area contributed by atoms with Gasteiger partial charge in [0.25, 0.3) is 11.8 Å². The second-order valence-corrected chi connectivity index (χ2v) is 17.4. The summed E-state index contributed by atoms with van der Waals surface area (Å²) in [6.45, 7) is 7.46. The number of fused-ring (bicyclic) bond motifs is 2. The van der Waals surface area contributed by atoms with Crippen LogP contribution in [-0.4, -0.2) is 132 Å². The molecule has 8 rings (SSSR count). The molecule has 3 amide bonds. The Morgan fingerprint density at radius 2 is 1.82 bits per heavy atom. The van der Waals surface area contributed by atoms with E-state index in [0.717, 1.165) is 107 Å². The average Bonchev–Trinajstić information content (AvgIpc) is 3.71. The summed E-state index contributed by atoms with van der Waals surface area (Å²) in [4.78, 5) is 45.5. The minimum atomic E-state index is -0.288. The molecule has 1 aromatic heterocycles. The number of amides is 3. The maximum absolute atomic E-state index is 13.6. The second-order valence-electron chi connectivity index (χ2n) is 17.4. The van der Waals surface area contributed by atoms with E-state index in [9.17, 15) is 19.5 Å². The van der Waals surface area contributed by atoms with Gasteiger partial charge in [-0.25, -0.2) is 0 Å². The number of aromatic hydroxyl groups is 1. The van der Waals surface area contributed by atoms with Gasteiger partial charge >= 0.3 is 0 Å². The molecule has 0 atom stereocenters. The number of carbonyl (C=O) groups excluding carboxylic acids is 3. The zero-order chi connectivity index (χ0) is 41.3. The molecular formula is C46H63N7O7. The Morgan fingerprint density at radius 1 is 0.983 bits per heavy atom. The number of hydrogen-bond donors (Lipinski definition) is 4. The predicted molar refractivity (Wildman–Crippen MR) is 227 cm³/mol. The Kier molecular flexibility index (Phi) is 14.0. The molecule has 3 aliphatic heterocycles. The van der Waals surface area contributed by atoms with Crippen molar-refractivity contribution >= 4 is 23.4 Å². The summed E-state index contributed by atoms with van der Waals surface area (Å²) in [5, 5.41) is 23.9. The zero-order valence-corrected chi connectivity index (χ0v) is 35.1. The Morgan fingerprint density at radius 3 is 2.68 bits per heavy atom. The number of nitrogens with one attached hydrogen (secondary N) is 3. The highest BCUT2D eigenvalue weighted by Crippen LogP contribution is 2.39. The first-order valence-corrected chi connectivity index (χ1v) is 22.5. The first-order valence-electron chi connectivity index (χ1n) is 22.5. The van der Waals surface area contributed by atoms with E-state index in [-0.39, 0.29) is 41.7 Å². The van der Waals surface area contributed by atoms with Crippen LogP contribution in [-0.2, 0) is 51.3 Å². The number of ether oxygens (including phenoxy) is 3. The van der Waals surface area contributed by atoms with Crippen molar-refractivity contribution < 1.29 is 33.7 Å². The molecule has 14 heteroatoms. The second kappa shape index (κ2) is 19.9. The lowest BCUT2D eigenvalue weighted by Gasteiger charge is -2.47. The largest absolute Gasteiger partial charge is 0.506 e. The van der Waals surface area contributed by atoms with Gasteiger partial charge in [-0.3, -0.25) is 24.4 Å². The van der Waals surface area contributed by atoms with Gasteiger partial charge in [0.2, 0.25) is 5.91 Å². The molecule has 2 aliphatic carbocycles. The van der Waals surface area contributed by atoms with Gasteiger partial charge in [0.15, 0.2) is 12.4 Å². The summed E-state index contributed by atoms with van der Waals surface area (Å²) in [5.74, 6) is 0.467. The first kappa shape index (κ1) is 42.2. The third kappa shape index (κ3) is 10.3. The molecular weight excluding hydrogens is 763 g/mol. The van der Waals surface area contributed by atoms with E-state index >= 15 is 0 Å². The predicted octanol–water partition coefficient (Wildman–Crippen LogP) is 4.78. The van der Waals surface area contributed by atoms with Gasteiger partial charge in [0, 0.05) is 50.9 Å². The van der Waals surface area contributed by atoms with E-state index in [0.29, 0.717) is 82.5 Å². The van der Waals surface area contributed by atoms with Gasteiger partial charge < -0.3 is 39.8 Å². The number of likely N-dealkylation sites (tertiary alicyclic amines) is 1. The number of aromatic amines is 1. The van der Waals surface area contributed by atoms with Crippen LogP contribution in [0.25, 0.3) is 0 Å². The highest BCUT2D eigenvalue weighted by molar-refractivity contribution is 5.97. The number of piperidine rings is 1. The minimum absolute atomic E-state index is 0.00360. The van der Waals surface area contributed by atoms with Crippen molar-refractivity contribution in [3.63, 3.8) is 0 Å². The van der Waals surface area contributed by atoms with Crippen LogP contribution in [0.3, 0.4) is 0 Å². The molecule has 2 aromatic carbocycles. The number of aryl methyl sites for hydroxylation is 1. The maximum atomic E-state index is 13.6. The molecule has 3 aromatic rings. The molecule has 4 heterocycles. The number of hydrogen-bond acceptors (Lipinski definition) is 10. The third-order valence-electron chi connectivity index (χ3n) is 13.2. The molecule has 5 aliphatic rings. The summed E-state index contributed by atoms with van der Waals surface area (Å²) >= 11 is 0. The van der Waals surface area contributed by atoms with Crippen molar-refractivity contribution in [3.8, 4) is 11.5 Å². The van der Waals surface area contributed by atoms with E-state index in [1.165, 1.54) is 17.5 Å². The van der Waals surface area contributed by atoms with Crippen LogP contribution >= 0.6 is 0 Å². The Hall–Kier alpha value is -4.50. The van der Waals surface area contributed by atoms with E-state index in [1.54, 1.807) is 6.07 Å². The molecule has 2 saturated heterocycles. The minimum Gasteiger partial charge on any atom is -0.506 e. The van der Waals surface area contributed by atoms with Crippen molar-refractivity contribution in [1.29, 1.82) is 0 Å². The quantitative estimate of drug-likeness (QED) is 0.117. The molecule has 1 saturated carbocycles. The first-order chi connectivity index (χ1) is 29.3. The normalized spacial score (nSPS) is 19.3. The summed E-state index contributed by atoms with van der Waals surface area (Å²) in [6.07, 6.45) is 13.4. The fraction of sp³-hybridized carbons (Fsp3) is 0.609. The van der Waals surface area contributed by atoms with Crippen LogP contribution in [0.2, 0.25) is 0 Å². The van der Waals surface area contributed by atoms with Gasteiger partial charge in [0.1, 0.15) is 17.1 Å². The summed E-state index contributed by atoms with van der Waals surface area (Å²) in [6, 6.07) is 12.4. The van der Waals surface area contributed by atoms with Crippen molar-refractivity contribution in [2.75, 3.05) is 77.6 Å². The number of morpholine rings is 1. The van der Waals surface area contributed by atoms with Gasteiger partial charge in [0.05, 0.1) is 44.1 Å². The van der Waals surface area contributed by atoms with E-state index in [1.807, 2.05) is 11.0 Å². The number of H-pyrrole nitrogens is 1. The van der Waals surface area contributed by atoms with Crippen LogP contribution in [0.4, 0.5) is 5.69 Å². The highest BCUT2D eigenvalue weighted by atomic mass is 16.5. The maximum Gasteiger partial charge on any atom is 0.272 e.